The average molecular weight is 288 g/mol. The number of anilines is 1. The molecule has 1 amide bonds. The first kappa shape index (κ1) is 13.0. The first-order valence-corrected chi connectivity index (χ1v) is 7.56. The summed E-state index contributed by atoms with van der Waals surface area (Å²) in [6.07, 6.45) is 3.82. The zero-order valence-electron chi connectivity index (χ0n) is 12.1. The Morgan fingerprint density at radius 3 is 2.55 bits per heavy atom. The van der Waals surface area contributed by atoms with E-state index in [4.69, 9.17) is 0 Å². The Morgan fingerprint density at radius 2 is 1.77 bits per heavy atom. The van der Waals surface area contributed by atoms with Gasteiger partial charge in [-0.2, -0.15) is 0 Å². The Kier molecular flexibility index (Phi) is 3.11. The molecule has 0 atom stereocenters. The summed E-state index contributed by atoms with van der Waals surface area (Å²) in [5.41, 5.74) is 2.36. The summed E-state index contributed by atoms with van der Waals surface area (Å²) < 4.78 is 0. The van der Waals surface area contributed by atoms with Gasteiger partial charge >= 0.3 is 0 Å². The molecule has 3 nitrogen and oxygen atoms in total. The lowest BCUT2D eigenvalue weighted by molar-refractivity contribution is -0.117. The molecule has 1 N–H and O–H groups in total. The van der Waals surface area contributed by atoms with E-state index in [0.717, 1.165) is 23.6 Å². The lowest BCUT2D eigenvalue weighted by atomic mass is 10.0. The number of carbonyl (C=O) groups is 1. The van der Waals surface area contributed by atoms with E-state index in [1.54, 1.807) is 0 Å². The van der Waals surface area contributed by atoms with E-state index in [9.17, 15) is 4.79 Å². The molecule has 0 bridgehead atoms. The Labute approximate surface area is 129 Å². The molecule has 0 aliphatic heterocycles. The van der Waals surface area contributed by atoms with Gasteiger partial charge < -0.3 is 5.32 Å². The number of fused-ring (bicyclic) bond motifs is 1. The molecule has 22 heavy (non-hydrogen) atoms. The fraction of sp³-hybridized carbons (Fsp3) is 0.158. The van der Waals surface area contributed by atoms with Crippen molar-refractivity contribution in [1.29, 1.82) is 0 Å². The van der Waals surface area contributed by atoms with Crippen LogP contribution >= 0.6 is 0 Å². The average Bonchev–Trinajstić information content (AvgIpc) is 3.40. The van der Waals surface area contributed by atoms with Gasteiger partial charge in [0.15, 0.2) is 0 Å². The monoisotopic (exact) mass is 288 g/mol. The number of rotatable bonds is 3. The molecule has 1 aliphatic rings. The molecule has 1 aliphatic carbocycles. The van der Waals surface area contributed by atoms with Crippen LogP contribution in [0.5, 0.6) is 0 Å². The fourth-order valence-electron chi connectivity index (χ4n) is 2.59. The Balaban J connectivity index is 1.65. The Bertz CT molecular complexity index is 838. The zero-order valence-corrected chi connectivity index (χ0v) is 12.1. The minimum Gasteiger partial charge on any atom is -0.310 e. The van der Waals surface area contributed by atoms with Crippen LogP contribution in [0.1, 0.15) is 12.8 Å². The van der Waals surface area contributed by atoms with Crippen LogP contribution in [-0.4, -0.2) is 10.9 Å². The molecule has 1 aromatic heterocycles. The molecule has 108 valence electrons. The smallest absolute Gasteiger partial charge is 0.228 e. The number of aromatic nitrogens is 1. The normalized spacial score (nSPS) is 14.0. The van der Waals surface area contributed by atoms with Gasteiger partial charge in [-0.05, 0) is 41.5 Å². The molecule has 0 radical (unpaired) electrons. The molecule has 2 aromatic carbocycles. The molecule has 1 fully saturated rings. The van der Waals surface area contributed by atoms with Crippen LogP contribution in [0.4, 0.5) is 5.82 Å². The largest absolute Gasteiger partial charge is 0.310 e. The second-order valence-corrected chi connectivity index (χ2v) is 5.76. The van der Waals surface area contributed by atoms with Crippen LogP contribution < -0.4 is 5.32 Å². The molecule has 3 heteroatoms. The molecular weight excluding hydrogens is 272 g/mol. The third kappa shape index (κ3) is 2.58. The second-order valence-electron chi connectivity index (χ2n) is 5.76. The van der Waals surface area contributed by atoms with Gasteiger partial charge in [-0.1, -0.05) is 42.5 Å². The maximum absolute atomic E-state index is 11.8. The van der Waals surface area contributed by atoms with Crippen molar-refractivity contribution in [2.75, 3.05) is 5.32 Å². The maximum Gasteiger partial charge on any atom is 0.228 e. The van der Waals surface area contributed by atoms with Gasteiger partial charge in [0.25, 0.3) is 0 Å². The van der Waals surface area contributed by atoms with Crippen molar-refractivity contribution in [3.63, 3.8) is 0 Å². The number of nitrogens with one attached hydrogen (secondary N) is 1. The number of pyridine rings is 1. The summed E-state index contributed by atoms with van der Waals surface area (Å²) in [6.45, 7) is 0. The predicted octanol–water partition coefficient (Wildman–Crippen LogP) is 4.25. The fourth-order valence-corrected chi connectivity index (χ4v) is 2.59. The van der Waals surface area contributed by atoms with Gasteiger partial charge in [0.1, 0.15) is 5.82 Å². The lowest BCUT2D eigenvalue weighted by Crippen LogP contribution is -2.14. The topological polar surface area (TPSA) is 42.0 Å². The van der Waals surface area contributed by atoms with E-state index in [2.05, 4.69) is 40.6 Å². The van der Waals surface area contributed by atoms with Gasteiger partial charge in [-0.25, -0.2) is 4.98 Å². The van der Waals surface area contributed by atoms with Crippen LogP contribution in [0.15, 0.2) is 60.8 Å². The van der Waals surface area contributed by atoms with Crippen molar-refractivity contribution in [3.8, 4) is 11.1 Å². The number of carbonyl (C=O) groups excluding carboxylic acids is 1. The van der Waals surface area contributed by atoms with Crippen LogP contribution in [0, 0.1) is 5.92 Å². The van der Waals surface area contributed by atoms with Gasteiger partial charge in [0.05, 0.1) is 0 Å². The molecule has 0 unspecified atom stereocenters. The van der Waals surface area contributed by atoms with Crippen LogP contribution in [0.2, 0.25) is 0 Å². The molecule has 3 aromatic rings. The highest BCUT2D eigenvalue weighted by Crippen LogP contribution is 2.30. The number of amides is 1. The van der Waals surface area contributed by atoms with Gasteiger partial charge in [0.2, 0.25) is 5.91 Å². The van der Waals surface area contributed by atoms with E-state index in [1.165, 1.54) is 11.1 Å². The minimum atomic E-state index is 0.0905. The van der Waals surface area contributed by atoms with Crippen LogP contribution in [0.25, 0.3) is 21.9 Å². The second kappa shape index (κ2) is 5.26. The minimum absolute atomic E-state index is 0.0905. The standard InChI is InChI=1S/C19H16N2O/c22-19(14-6-7-14)21-18-11-16-9-8-15(10-17(16)12-20-18)13-4-2-1-3-5-13/h1-5,8-12,14H,6-7H2,(H,20,21,22). The van der Waals surface area contributed by atoms with Crippen molar-refractivity contribution in [2.45, 2.75) is 12.8 Å². The molecule has 1 heterocycles. The molecule has 0 saturated heterocycles. The highest BCUT2D eigenvalue weighted by molar-refractivity contribution is 5.95. The van der Waals surface area contributed by atoms with E-state index in [-0.39, 0.29) is 11.8 Å². The molecule has 4 rings (SSSR count). The van der Waals surface area contributed by atoms with E-state index < -0.39 is 0 Å². The van der Waals surface area contributed by atoms with Gasteiger partial charge in [0, 0.05) is 17.5 Å². The lowest BCUT2D eigenvalue weighted by Gasteiger charge is -2.07. The van der Waals surface area contributed by atoms with Gasteiger partial charge in [-0.15, -0.1) is 0 Å². The van der Waals surface area contributed by atoms with E-state index >= 15 is 0 Å². The number of benzene rings is 2. The molecule has 0 spiro atoms. The number of hydrogen-bond acceptors (Lipinski definition) is 2. The van der Waals surface area contributed by atoms with Crippen LogP contribution in [0.3, 0.4) is 0 Å². The van der Waals surface area contributed by atoms with Crippen molar-refractivity contribution in [3.05, 3.63) is 60.8 Å². The van der Waals surface area contributed by atoms with Crippen molar-refractivity contribution in [2.24, 2.45) is 5.92 Å². The van der Waals surface area contributed by atoms with Crippen LogP contribution in [-0.2, 0) is 4.79 Å². The summed E-state index contributed by atoms with van der Waals surface area (Å²) in [7, 11) is 0. The van der Waals surface area contributed by atoms with Crippen molar-refractivity contribution >= 4 is 22.5 Å². The molecule has 1 saturated carbocycles. The highest BCUT2D eigenvalue weighted by atomic mass is 16.2. The van der Waals surface area contributed by atoms with Crippen molar-refractivity contribution < 1.29 is 4.79 Å². The summed E-state index contributed by atoms with van der Waals surface area (Å²) in [5, 5.41) is 5.05. The first-order chi connectivity index (χ1) is 10.8. The Hall–Kier alpha value is -2.68. The quantitative estimate of drug-likeness (QED) is 0.782. The summed E-state index contributed by atoms with van der Waals surface area (Å²) >= 11 is 0. The maximum atomic E-state index is 11.8. The summed E-state index contributed by atoms with van der Waals surface area (Å²) in [5.74, 6) is 0.919. The third-order valence-corrected chi connectivity index (χ3v) is 4.03. The zero-order chi connectivity index (χ0) is 14.9. The van der Waals surface area contributed by atoms with E-state index in [0.29, 0.717) is 5.82 Å². The van der Waals surface area contributed by atoms with Crippen molar-refractivity contribution in [1.82, 2.24) is 4.98 Å². The predicted molar refractivity (Wildman–Crippen MR) is 88.5 cm³/mol. The third-order valence-electron chi connectivity index (χ3n) is 4.03. The van der Waals surface area contributed by atoms with E-state index in [1.807, 2.05) is 30.5 Å². The SMILES string of the molecule is O=C(Nc1cc2ccc(-c3ccccc3)cc2cn1)C1CC1. The first-order valence-electron chi connectivity index (χ1n) is 7.56. The number of hydrogen-bond donors (Lipinski definition) is 1. The summed E-state index contributed by atoms with van der Waals surface area (Å²) in [6, 6.07) is 18.5. The number of nitrogens with zero attached hydrogens (tertiary/aromatic N) is 1. The summed E-state index contributed by atoms with van der Waals surface area (Å²) in [4.78, 5) is 16.2. The Morgan fingerprint density at radius 1 is 0.955 bits per heavy atom. The molecular formula is C19H16N2O. The highest BCUT2D eigenvalue weighted by Gasteiger charge is 2.29. The van der Waals surface area contributed by atoms with Gasteiger partial charge in [-0.3, -0.25) is 4.79 Å².